The lowest BCUT2D eigenvalue weighted by atomic mass is 9.99. The number of carbonyl (C=O) groups is 2. The molecule has 0 atom stereocenters. The summed E-state index contributed by atoms with van der Waals surface area (Å²) in [6.45, 7) is 1.87. The fourth-order valence-corrected chi connectivity index (χ4v) is 2.89. The van der Waals surface area contributed by atoms with Crippen LogP contribution in [0.1, 0.15) is 22.7 Å². The monoisotopic (exact) mass is 378 g/mol. The van der Waals surface area contributed by atoms with Crippen LogP contribution in [0.25, 0.3) is 0 Å². The van der Waals surface area contributed by atoms with Crippen LogP contribution in [0.3, 0.4) is 0 Å². The molecule has 0 aliphatic heterocycles. The molecule has 0 aliphatic carbocycles. The van der Waals surface area contributed by atoms with Crippen LogP contribution >= 0.6 is 11.6 Å². The molecular weight excluding hydrogens is 360 g/mol. The molecule has 0 radical (unpaired) electrons. The van der Waals surface area contributed by atoms with Crippen molar-refractivity contribution in [3.05, 3.63) is 101 Å². The number of hydrogen-bond donors (Lipinski definition) is 2. The minimum Gasteiger partial charge on any atom is -0.337 e. The van der Waals surface area contributed by atoms with Gasteiger partial charge in [0.1, 0.15) is 0 Å². The zero-order valence-corrected chi connectivity index (χ0v) is 15.5. The Hall–Kier alpha value is -3.11. The van der Waals surface area contributed by atoms with Crippen molar-refractivity contribution in [1.29, 1.82) is 0 Å². The van der Waals surface area contributed by atoms with E-state index in [1.807, 2.05) is 67.6 Å². The Balaban J connectivity index is 1.78. The molecule has 0 aliphatic rings. The molecule has 4 nitrogen and oxygen atoms in total. The highest BCUT2D eigenvalue weighted by atomic mass is 35.5. The second kappa shape index (κ2) is 8.52. The molecule has 3 rings (SSSR count). The zero-order chi connectivity index (χ0) is 19.2. The normalized spacial score (nSPS) is 10.5. The van der Waals surface area contributed by atoms with Crippen LogP contribution in [0.5, 0.6) is 0 Å². The first kappa shape index (κ1) is 18.7. The van der Waals surface area contributed by atoms with Gasteiger partial charge in [-0.15, -0.1) is 0 Å². The van der Waals surface area contributed by atoms with Crippen molar-refractivity contribution in [1.82, 2.24) is 5.32 Å². The smallest absolute Gasteiger partial charge is 0.313 e. The maximum absolute atomic E-state index is 12.5. The summed E-state index contributed by atoms with van der Waals surface area (Å²) >= 11 is 6.07. The Labute approximate surface area is 163 Å². The van der Waals surface area contributed by atoms with Crippen LogP contribution in [-0.4, -0.2) is 11.8 Å². The van der Waals surface area contributed by atoms with Crippen molar-refractivity contribution >= 4 is 29.1 Å². The number of aryl methyl sites for hydroxylation is 1. The summed E-state index contributed by atoms with van der Waals surface area (Å²) in [6.07, 6.45) is 0. The van der Waals surface area contributed by atoms with E-state index in [2.05, 4.69) is 10.6 Å². The first-order chi connectivity index (χ1) is 13.0. The molecule has 0 bridgehead atoms. The molecule has 0 heterocycles. The number of nitrogens with one attached hydrogen (secondary N) is 2. The summed E-state index contributed by atoms with van der Waals surface area (Å²) in [7, 11) is 0. The van der Waals surface area contributed by atoms with Crippen molar-refractivity contribution < 1.29 is 9.59 Å². The molecule has 0 unspecified atom stereocenters. The number of carbonyl (C=O) groups excluding carboxylic acids is 2. The number of anilines is 1. The van der Waals surface area contributed by atoms with E-state index < -0.39 is 17.9 Å². The molecule has 0 saturated heterocycles. The number of halogens is 1. The van der Waals surface area contributed by atoms with Gasteiger partial charge in [-0.3, -0.25) is 9.59 Å². The predicted molar refractivity (Wildman–Crippen MR) is 108 cm³/mol. The highest BCUT2D eigenvalue weighted by Gasteiger charge is 2.21. The Bertz CT molecular complexity index is 904. The van der Waals surface area contributed by atoms with Crippen molar-refractivity contribution in [3.8, 4) is 0 Å². The summed E-state index contributed by atoms with van der Waals surface area (Å²) in [5.41, 5.74) is 3.15. The van der Waals surface area contributed by atoms with Crippen LogP contribution in [-0.2, 0) is 9.59 Å². The highest BCUT2D eigenvalue weighted by Crippen LogP contribution is 2.22. The Morgan fingerprint density at radius 2 is 1.37 bits per heavy atom. The summed E-state index contributed by atoms with van der Waals surface area (Å²) in [6, 6.07) is 23.7. The van der Waals surface area contributed by atoms with E-state index in [1.54, 1.807) is 18.2 Å². The van der Waals surface area contributed by atoms with E-state index in [1.165, 1.54) is 0 Å². The van der Waals surface area contributed by atoms with E-state index in [9.17, 15) is 9.59 Å². The largest absolute Gasteiger partial charge is 0.337 e. The Kier molecular flexibility index (Phi) is 5.89. The van der Waals surface area contributed by atoms with Crippen LogP contribution in [0, 0.1) is 6.92 Å². The average Bonchev–Trinajstić information content (AvgIpc) is 2.70. The third kappa shape index (κ3) is 4.74. The first-order valence-corrected chi connectivity index (χ1v) is 8.90. The lowest BCUT2D eigenvalue weighted by Crippen LogP contribution is -2.38. The van der Waals surface area contributed by atoms with Gasteiger partial charge >= 0.3 is 11.8 Å². The fourth-order valence-electron chi connectivity index (χ4n) is 2.71. The van der Waals surface area contributed by atoms with E-state index in [0.29, 0.717) is 10.7 Å². The Morgan fingerprint density at radius 1 is 0.815 bits per heavy atom. The molecule has 136 valence electrons. The third-order valence-electron chi connectivity index (χ3n) is 4.18. The SMILES string of the molecule is Cc1ccc(NC(=O)C(=O)NC(c2ccccc2)c2ccccc2)cc1Cl. The first-order valence-electron chi connectivity index (χ1n) is 8.52. The Morgan fingerprint density at radius 3 is 1.89 bits per heavy atom. The van der Waals surface area contributed by atoms with Crippen molar-refractivity contribution in [2.45, 2.75) is 13.0 Å². The molecule has 0 spiro atoms. The molecule has 5 heteroatoms. The zero-order valence-electron chi connectivity index (χ0n) is 14.8. The van der Waals surface area contributed by atoms with E-state index in [0.717, 1.165) is 16.7 Å². The maximum Gasteiger partial charge on any atom is 0.313 e. The fraction of sp³-hybridized carbons (Fsp3) is 0.0909. The minimum atomic E-state index is -0.744. The van der Waals surface area contributed by atoms with Gasteiger partial charge in [0.25, 0.3) is 0 Å². The second-order valence-corrected chi connectivity index (χ2v) is 6.55. The van der Waals surface area contributed by atoms with Gasteiger partial charge in [-0.25, -0.2) is 0 Å². The third-order valence-corrected chi connectivity index (χ3v) is 4.58. The van der Waals surface area contributed by atoms with Crippen molar-refractivity contribution in [3.63, 3.8) is 0 Å². The van der Waals surface area contributed by atoms with Gasteiger partial charge in [0.05, 0.1) is 6.04 Å². The van der Waals surface area contributed by atoms with E-state index in [4.69, 9.17) is 11.6 Å². The average molecular weight is 379 g/mol. The van der Waals surface area contributed by atoms with Gasteiger partial charge in [0, 0.05) is 10.7 Å². The van der Waals surface area contributed by atoms with Crippen molar-refractivity contribution in [2.75, 3.05) is 5.32 Å². The van der Waals surface area contributed by atoms with Gasteiger partial charge in [-0.05, 0) is 35.7 Å². The molecular formula is C22H19ClN2O2. The van der Waals surface area contributed by atoms with Gasteiger partial charge in [0.15, 0.2) is 0 Å². The van der Waals surface area contributed by atoms with Crippen LogP contribution in [0.4, 0.5) is 5.69 Å². The number of benzene rings is 3. The molecule has 0 fully saturated rings. The topological polar surface area (TPSA) is 58.2 Å². The van der Waals surface area contributed by atoms with E-state index in [-0.39, 0.29) is 0 Å². The molecule has 3 aromatic rings. The van der Waals surface area contributed by atoms with E-state index >= 15 is 0 Å². The van der Waals surface area contributed by atoms with Crippen molar-refractivity contribution in [2.24, 2.45) is 0 Å². The molecule has 2 amide bonds. The molecule has 2 N–H and O–H groups in total. The molecule has 0 saturated carbocycles. The molecule has 27 heavy (non-hydrogen) atoms. The highest BCUT2D eigenvalue weighted by molar-refractivity contribution is 6.40. The minimum absolute atomic E-state index is 0.424. The van der Waals surface area contributed by atoms with Gasteiger partial charge in [-0.1, -0.05) is 78.3 Å². The lowest BCUT2D eigenvalue weighted by Gasteiger charge is -2.19. The maximum atomic E-state index is 12.5. The number of hydrogen-bond acceptors (Lipinski definition) is 2. The van der Waals surface area contributed by atoms with Gasteiger partial charge in [-0.2, -0.15) is 0 Å². The molecule has 0 aromatic heterocycles. The summed E-state index contributed by atoms with van der Waals surface area (Å²) in [4.78, 5) is 24.8. The number of amides is 2. The number of rotatable bonds is 4. The summed E-state index contributed by atoms with van der Waals surface area (Å²) in [5, 5.41) is 5.92. The van der Waals surface area contributed by atoms with Gasteiger partial charge < -0.3 is 10.6 Å². The molecule has 3 aromatic carbocycles. The summed E-state index contributed by atoms with van der Waals surface area (Å²) in [5.74, 6) is -1.46. The lowest BCUT2D eigenvalue weighted by molar-refractivity contribution is -0.136. The van der Waals surface area contributed by atoms with Gasteiger partial charge in [0.2, 0.25) is 0 Å². The van der Waals surface area contributed by atoms with Crippen LogP contribution < -0.4 is 10.6 Å². The summed E-state index contributed by atoms with van der Waals surface area (Å²) < 4.78 is 0. The standard InChI is InChI=1S/C22H19ClN2O2/c1-15-12-13-18(14-19(15)23)24-21(26)22(27)25-20(16-8-4-2-5-9-16)17-10-6-3-7-11-17/h2-14,20H,1H3,(H,24,26)(H,25,27). The van der Waals surface area contributed by atoms with Crippen LogP contribution in [0.15, 0.2) is 78.9 Å². The van der Waals surface area contributed by atoms with Crippen LogP contribution in [0.2, 0.25) is 5.02 Å². The quantitative estimate of drug-likeness (QED) is 0.657. The second-order valence-electron chi connectivity index (χ2n) is 6.15. The predicted octanol–water partition coefficient (Wildman–Crippen LogP) is 4.49.